The molecule has 1 aliphatic rings. The third kappa shape index (κ3) is 4.37. The van der Waals surface area contributed by atoms with Crippen LogP contribution < -0.4 is 5.32 Å². The van der Waals surface area contributed by atoms with Gasteiger partial charge in [-0.05, 0) is 42.5 Å². The van der Waals surface area contributed by atoms with E-state index in [0.717, 1.165) is 32.2 Å². The van der Waals surface area contributed by atoms with Gasteiger partial charge in [-0.15, -0.1) is 11.3 Å². The van der Waals surface area contributed by atoms with Crippen molar-refractivity contribution in [2.75, 3.05) is 6.54 Å². The highest BCUT2D eigenvalue weighted by molar-refractivity contribution is 7.09. The van der Waals surface area contributed by atoms with Crippen LogP contribution in [0.25, 0.3) is 0 Å². The van der Waals surface area contributed by atoms with Crippen LogP contribution in [0.5, 0.6) is 0 Å². The molecule has 0 atom stereocenters. The maximum absolute atomic E-state index is 4.63. The second kappa shape index (κ2) is 7.16. The Morgan fingerprint density at radius 2 is 2.19 bits per heavy atom. The van der Waals surface area contributed by atoms with Gasteiger partial charge in [0.25, 0.3) is 0 Å². The van der Waals surface area contributed by atoms with Crippen molar-refractivity contribution >= 4 is 11.3 Å². The summed E-state index contributed by atoms with van der Waals surface area (Å²) in [5.41, 5.74) is 2.44. The van der Waals surface area contributed by atoms with Crippen molar-refractivity contribution in [1.29, 1.82) is 0 Å². The summed E-state index contributed by atoms with van der Waals surface area (Å²) >= 11 is 1.85. The molecule has 3 rings (SSSR count). The van der Waals surface area contributed by atoms with Crippen molar-refractivity contribution in [3.8, 4) is 0 Å². The van der Waals surface area contributed by atoms with Crippen molar-refractivity contribution in [1.82, 2.24) is 15.2 Å². The number of nitrogens with one attached hydrogen (secondary N) is 1. The number of rotatable bonds is 8. The smallest absolute Gasteiger partial charge is 0.0544 e. The SMILES string of the molecule is CCNCc1ccc(CN(Cc2cccs2)C2CC2)nc1. The summed E-state index contributed by atoms with van der Waals surface area (Å²) < 4.78 is 0. The fourth-order valence-corrected chi connectivity index (χ4v) is 3.22. The Morgan fingerprint density at radius 1 is 1.29 bits per heavy atom. The van der Waals surface area contributed by atoms with E-state index in [4.69, 9.17) is 0 Å². The number of aromatic nitrogens is 1. The first kappa shape index (κ1) is 14.7. The van der Waals surface area contributed by atoms with Crippen LogP contribution in [0.1, 0.15) is 35.9 Å². The highest BCUT2D eigenvalue weighted by atomic mass is 32.1. The molecule has 3 nitrogen and oxygen atoms in total. The summed E-state index contributed by atoms with van der Waals surface area (Å²) in [4.78, 5) is 8.65. The Bertz CT molecular complexity index is 532. The van der Waals surface area contributed by atoms with Gasteiger partial charge in [0.05, 0.1) is 5.69 Å². The molecule has 0 aliphatic heterocycles. The fourth-order valence-electron chi connectivity index (χ4n) is 2.49. The van der Waals surface area contributed by atoms with E-state index in [2.05, 4.69) is 51.8 Å². The lowest BCUT2D eigenvalue weighted by Crippen LogP contribution is -2.25. The van der Waals surface area contributed by atoms with Crippen LogP contribution in [0.15, 0.2) is 35.8 Å². The maximum atomic E-state index is 4.63. The summed E-state index contributed by atoms with van der Waals surface area (Å²) in [6, 6.07) is 9.50. The number of hydrogen-bond donors (Lipinski definition) is 1. The minimum absolute atomic E-state index is 0.760. The molecule has 2 heterocycles. The highest BCUT2D eigenvalue weighted by Gasteiger charge is 2.29. The molecule has 1 N–H and O–H groups in total. The highest BCUT2D eigenvalue weighted by Crippen LogP contribution is 2.30. The van der Waals surface area contributed by atoms with Gasteiger partial charge in [0.1, 0.15) is 0 Å². The van der Waals surface area contributed by atoms with Gasteiger partial charge in [0.2, 0.25) is 0 Å². The van der Waals surface area contributed by atoms with Crippen molar-refractivity contribution < 1.29 is 0 Å². The number of hydrogen-bond acceptors (Lipinski definition) is 4. The van der Waals surface area contributed by atoms with Crippen molar-refractivity contribution in [2.45, 2.75) is 45.4 Å². The maximum Gasteiger partial charge on any atom is 0.0544 e. The summed E-state index contributed by atoms with van der Waals surface area (Å²) in [5.74, 6) is 0. The predicted molar refractivity (Wildman–Crippen MR) is 88.2 cm³/mol. The van der Waals surface area contributed by atoms with E-state index in [1.54, 1.807) is 0 Å². The van der Waals surface area contributed by atoms with E-state index in [-0.39, 0.29) is 0 Å². The topological polar surface area (TPSA) is 28.2 Å². The zero-order valence-corrected chi connectivity index (χ0v) is 13.4. The third-order valence-corrected chi connectivity index (χ3v) is 4.69. The van der Waals surface area contributed by atoms with Crippen LogP contribution in [-0.4, -0.2) is 22.5 Å². The molecule has 1 aliphatic carbocycles. The first-order chi connectivity index (χ1) is 10.3. The Hall–Kier alpha value is -1.23. The molecule has 0 spiro atoms. The zero-order valence-electron chi connectivity index (χ0n) is 12.6. The summed E-state index contributed by atoms with van der Waals surface area (Å²) in [6.45, 7) is 6.05. The fraction of sp³-hybridized carbons (Fsp3) is 0.471. The molecule has 2 aromatic heterocycles. The third-order valence-electron chi connectivity index (χ3n) is 3.83. The number of nitrogens with zero attached hydrogens (tertiary/aromatic N) is 2. The molecular formula is C17H23N3S. The van der Waals surface area contributed by atoms with Crippen LogP contribution in [0.4, 0.5) is 0 Å². The molecule has 0 bridgehead atoms. The molecule has 0 amide bonds. The molecule has 0 unspecified atom stereocenters. The van der Waals surface area contributed by atoms with Crippen LogP contribution >= 0.6 is 11.3 Å². The number of thiophene rings is 1. The van der Waals surface area contributed by atoms with Crippen LogP contribution in [-0.2, 0) is 19.6 Å². The monoisotopic (exact) mass is 301 g/mol. The van der Waals surface area contributed by atoms with Crippen molar-refractivity contribution in [3.05, 3.63) is 52.0 Å². The minimum atomic E-state index is 0.760. The Balaban J connectivity index is 1.60. The van der Waals surface area contributed by atoms with Gasteiger partial charge in [-0.3, -0.25) is 9.88 Å². The second-order valence-electron chi connectivity index (χ2n) is 5.65. The Kier molecular flexibility index (Phi) is 5.01. The van der Waals surface area contributed by atoms with Crippen molar-refractivity contribution in [3.63, 3.8) is 0 Å². The molecule has 0 aromatic carbocycles. The lowest BCUT2D eigenvalue weighted by molar-refractivity contribution is 0.245. The number of pyridine rings is 1. The van der Waals surface area contributed by atoms with Gasteiger partial charge in [-0.25, -0.2) is 0 Å². The van der Waals surface area contributed by atoms with E-state index in [1.165, 1.54) is 29.0 Å². The van der Waals surface area contributed by atoms with Gasteiger partial charge in [0.15, 0.2) is 0 Å². The van der Waals surface area contributed by atoms with E-state index >= 15 is 0 Å². The summed E-state index contributed by atoms with van der Waals surface area (Å²) in [6.07, 6.45) is 4.68. The van der Waals surface area contributed by atoms with Gasteiger partial charge >= 0.3 is 0 Å². The van der Waals surface area contributed by atoms with Crippen LogP contribution in [0.3, 0.4) is 0 Å². The van der Waals surface area contributed by atoms with Crippen LogP contribution in [0.2, 0.25) is 0 Å². The summed E-state index contributed by atoms with van der Waals surface area (Å²) in [5, 5.41) is 5.49. The summed E-state index contributed by atoms with van der Waals surface area (Å²) in [7, 11) is 0. The predicted octanol–water partition coefficient (Wildman–Crippen LogP) is 3.42. The van der Waals surface area contributed by atoms with E-state index in [9.17, 15) is 0 Å². The van der Waals surface area contributed by atoms with E-state index in [0.29, 0.717) is 0 Å². The standard InChI is InChI=1S/C17H23N3S/c1-2-18-10-14-5-6-15(19-11-14)12-20(16-7-8-16)13-17-4-3-9-21-17/h3-6,9,11,16,18H,2,7-8,10,12-13H2,1H3. The Morgan fingerprint density at radius 3 is 2.81 bits per heavy atom. The zero-order chi connectivity index (χ0) is 14.5. The lowest BCUT2D eigenvalue weighted by Gasteiger charge is -2.20. The molecule has 0 saturated heterocycles. The molecular weight excluding hydrogens is 278 g/mol. The van der Waals surface area contributed by atoms with E-state index in [1.807, 2.05) is 17.5 Å². The largest absolute Gasteiger partial charge is 0.313 e. The molecule has 1 saturated carbocycles. The first-order valence-electron chi connectivity index (χ1n) is 7.76. The van der Waals surface area contributed by atoms with Gasteiger partial charge in [0, 0.05) is 36.8 Å². The Labute approximate surface area is 131 Å². The van der Waals surface area contributed by atoms with Gasteiger partial charge in [-0.2, -0.15) is 0 Å². The van der Waals surface area contributed by atoms with Crippen molar-refractivity contribution in [2.24, 2.45) is 0 Å². The molecule has 112 valence electrons. The quantitative estimate of drug-likeness (QED) is 0.810. The molecule has 21 heavy (non-hydrogen) atoms. The van der Waals surface area contributed by atoms with Crippen LogP contribution in [0, 0.1) is 0 Å². The van der Waals surface area contributed by atoms with Gasteiger partial charge < -0.3 is 5.32 Å². The average molecular weight is 301 g/mol. The average Bonchev–Trinajstić information content (AvgIpc) is 3.24. The normalized spacial score (nSPS) is 14.8. The second-order valence-corrected chi connectivity index (χ2v) is 6.69. The molecule has 2 aromatic rings. The molecule has 1 fully saturated rings. The first-order valence-corrected chi connectivity index (χ1v) is 8.64. The molecule has 0 radical (unpaired) electrons. The molecule has 4 heteroatoms. The minimum Gasteiger partial charge on any atom is -0.313 e. The van der Waals surface area contributed by atoms with E-state index < -0.39 is 0 Å². The van der Waals surface area contributed by atoms with Gasteiger partial charge in [-0.1, -0.05) is 19.1 Å². The lowest BCUT2D eigenvalue weighted by atomic mass is 10.2.